The number of methoxy groups -OCH3 is 1. The van der Waals surface area contributed by atoms with E-state index in [1.165, 1.54) is 18.4 Å². The molecule has 0 aliphatic heterocycles. The van der Waals surface area contributed by atoms with Crippen molar-refractivity contribution in [2.24, 2.45) is 23.7 Å². The number of esters is 1. The molecule has 116 valence electrons. The van der Waals surface area contributed by atoms with Crippen molar-refractivity contribution in [3.63, 3.8) is 0 Å². The third-order valence-electron chi connectivity index (χ3n) is 4.34. The fourth-order valence-corrected chi connectivity index (χ4v) is 4.16. The molecule has 4 atom stereocenters. The molecule has 22 heavy (non-hydrogen) atoms. The highest BCUT2D eigenvalue weighted by molar-refractivity contribution is 7.12. The molecule has 1 fully saturated rings. The Morgan fingerprint density at radius 2 is 1.95 bits per heavy atom. The van der Waals surface area contributed by atoms with Crippen LogP contribution in [0.25, 0.3) is 0 Å². The summed E-state index contributed by atoms with van der Waals surface area (Å²) in [7, 11) is 1.27. The highest BCUT2D eigenvalue weighted by atomic mass is 32.1. The lowest BCUT2D eigenvalue weighted by Crippen LogP contribution is -2.36. The van der Waals surface area contributed by atoms with Gasteiger partial charge in [0.05, 0.1) is 24.6 Å². The number of amides is 1. The van der Waals surface area contributed by atoms with E-state index in [4.69, 9.17) is 0 Å². The van der Waals surface area contributed by atoms with Gasteiger partial charge in [0, 0.05) is 0 Å². The highest BCUT2D eigenvalue weighted by Crippen LogP contribution is 2.48. The van der Waals surface area contributed by atoms with Crippen LogP contribution in [-0.4, -0.2) is 30.1 Å². The molecule has 2 N–H and O–H groups in total. The van der Waals surface area contributed by atoms with Gasteiger partial charge in [-0.2, -0.15) is 0 Å². The SMILES string of the molecule is COC(=O)c1sccc1NC(=O)[C@H]1[C@@H](C(=O)O)[C@H]2C=C[C@H]1C2. The van der Waals surface area contributed by atoms with Gasteiger partial charge < -0.3 is 15.2 Å². The first kappa shape index (κ1) is 14.8. The maximum Gasteiger partial charge on any atom is 0.350 e. The van der Waals surface area contributed by atoms with Crippen LogP contribution in [0.2, 0.25) is 0 Å². The Labute approximate surface area is 130 Å². The summed E-state index contributed by atoms with van der Waals surface area (Å²) >= 11 is 1.17. The van der Waals surface area contributed by atoms with Crippen molar-refractivity contribution in [2.75, 3.05) is 12.4 Å². The Morgan fingerprint density at radius 1 is 1.27 bits per heavy atom. The zero-order valence-electron chi connectivity index (χ0n) is 11.8. The van der Waals surface area contributed by atoms with E-state index < -0.39 is 23.8 Å². The van der Waals surface area contributed by atoms with Gasteiger partial charge in [-0.15, -0.1) is 11.3 Å². The Morgan fingerprint density at radius 3 is 2.59 bits per heavy atom. The first-order chi connectivity index (χ1) is 10.5. The molecule has 7 heteroatoms. The Bertz CT molecular complexity index is 665. The number of carboxylic acids is 1. The van der Waals surface area contributed by atoms with Crippen LogP contribution < -0.4 is 5.32 Å². The molecule has 2 aliphatic carbocycles. The number of rotatable bonds is 4. The minimum atomic E-state index is -0.949. The Hall–Kier alpha value is -2.15. The van der Waals surface area contributed by atoms with Gasteiger partial charge in [-0.3, -0.25) is 9.59 Å². The topological polar surface area (TPSA) is 92.7 Å². The summed E-state index contributed by atoms with van der Waals surface area (Å²) in [5, 5.41) is 13.7. The van der Waals surface area contributed by atoms with E-state index in [1.54, 1.807) is 11.4 Å². The van der Waals surface area contributed by atoms with Gasteiger partial charge in [0.2, 0.25) is 5.91 Å². The number of allylic oxidation sites excluding steroid dienone is 2. The number of anilines is 1. The van der Waals surface area contributed by atoms with Crippen LogP contribution in [0, 0.1) is 23.7 Å². The smallest absolute Gasteiger partial charge is 0.350 e. The van der Waals surface area contributed by atoms with Gasteiger partial charge in [0.25, 0.3) is 0 Å². The third-order valence-corrected chi connectivity index (χ3v) is 5.24. The molecule has 1 heterocycles. The lowest BCUT2D eigenvalue weighted by molar-refractivity contribution is -0.146. The molecule has 1 saturated carbocycles. The van der Waals surface area contributed by atoms with Crippen LogP contribution in [0.1, 0.15) is 16.1 Å². The van der Waals surface area contributed by atoms with E-state index in [-0.39, 0.29) is 17.7 Å². The number of carbonyl (C=O) groups is 3. The first-order valence-corrected chi connectivity index (χ1v) is 7.78. The maximum atomic E-state index is 12.5. The van der Waals surface area contributed by atoms with Gasteiger partial charge in [0.1, 0.15) is 4.88 Å². The van der Waals surface area contributed by atoms with Crippen LogP contribution in [0.5, 0.6) is 0 Å². The summed E-state index contributed by atoms with van der Waals surface area (Å²) in [4.78, 5) is 35.9. The first-order valence-electron chi connectivity index (χ1n) is 6.90. The molecule has 2 bridgehead atoms. The molecular weight excluding hydrogens is 306 g/mol. The van der Waals surface area contributed by atoms with E-state index in [2.05, 4.69) is 10.1 Å². The molecule has 3 rings (SSSR count). The second kappa shape index (κ2) is 5.57. The second-order valence-electron chi connectivity index (χ2n) is 5.48. The lowest BCUT2D eigenvalue weighted by atomic mass is 9.82. The molecule has 1 aromatic heterocycles. The highest BCUT2D eigenvalue weighted by Gasteiger charge is 2.51. The number of carboxylic acid groups (broad SMARTS) is 1. The normalized spacial score (nSPS) is 28.6. The van der Waals surface area contributed by atoms with Gasteiger partial charge >= 0.3 is 11.9 Å². The molecule has 0 aromatic carbocycles. The maximum absolute atomic E-state index is 12.5. The molecule has 0 spiro atoms. The van der Waals surface area contributed by atoms with Crippen molar-refractivity contribution in [1.29, 1.82) is 0 Å². The summed E-state index contributed by atoms with van der Waals surface area (Å²) in [6, 6.07) is 1.62. The largest absolute Gasteiger partial charge is 0.481 e. The Balaban J connectivity index is 1.80. The monoisotopic (exact) mass is 321 g/mol. The zero-order chi connectivity index (χ0) is 15.9. The molecule has 6 nitrogen and oxygen atoms in total. The van der Waals surface area contributed by atoms with Gasteiger partial charge in [-0.25, -0.2) is 4.79 Å². The molecule has 1 aromatic rings. The summed E-state index contributed by atoms with van der Waals surface area (Å²) in [6.45, 7) is 0. The van der Waals surface area contributed by atoms with E-state index >= 15 is 0 Å². The van der Waals surface area contributed by atoms with Crippen molar-refractivity contribution >= 4 is 34.9 Å². The van der Waals surface area contributed by atoms with Crippen molar-refractivity contribution in [1.82, 2.24) is 0 Å². The van der Waals surface area contributed by atoms with E-state index in [0.29, 0.717) is 17.0 Å². The number of ether oxygens (including phenoxy) is 1. The Kier molecular flexibility index (Phi) is 3.74. The van der Waals surface area contributed by atoms with E-state index in [1.807, 2.05) is 12.2 Å². The molecule has 0 radical (unpaired) electrons. The van der Waals surface area contributed by atoms with Gasteiger partial charge in [-0.1, -0.05) is 12.2 Å². The molecule has 2 aliphatic rings. The van der Waals surface area contributed by atoms with E-state index in [0.717, 1.165) is 0 Å². The molecular formula is C15H15NO5S. The van der Waals surface area contributed by atoms with Crippen LogP contribution >= 0.6 is 11.3 Å². The molecule has 0 unspecified atom stereocenters. The van der Waals surface area contributed by atoms with Crippen LogP contribution in [0.3, 0.4) is 0 Å². The predicted octanol–water partition coefficient (Wildman–Crippen LogP) is 2.00. The lowest BCUT2D eigenvalue weighted by Gasteiger charge is -2.23. The average Bonchev–Trinajstić information content (AvgIpc) is 3.20. The van der Waals surface area contributed by atoms with Crippen molar-refractivity contribution in [2.45, 2.75) is 6.42 Å². The van der Waals surface area contributed by atoms with Gasteiger partial charge in [-0.05, 0) is 29.7 Å². The van der Waals surface area contributed by atoms with Crippen LogP contribution in [0.4, 0.5) is 5.69 Å². The van der Waals surface area contributed by atoms with Crippen molar-refractivity contribution in [3.05, 3.63) is 28.5 Å². The summed E-state index contributed by atoms with van der Waals surface area (Å²) in [5.41, 5.74) is 0.373. The van der Waals surface area contributed by atoms with Gasteiger partial charge in [0.15, 0.2) is 0 Å². The predicted molar refractivity (Wildman–Crippen MR) is 79.6 cm³/mol. The van der Waals surface area contributed by atoms with Crippen molar-refractivity contribution < 1.29 is 24.2 Å². The van der Waals surface area contributed by atoms with Crippen LogP contribution in [-0.2, 0) is 14.3 Å². The number of aliphatic carboxylic acids is 1. The van der Waals surface area contributed by atoms with E-state index in [9.17, 15) is 19.5 Å². The van der Waals surface area contributed by atoms with Crippen molar-refractivity contribution in [3.8, 4) is 0 Å². The number of carbonyl (C=O) groups excluding carboxylic acids is 2. The number of hydrogen-bond acceptors (Lipinski definition) is 5. The summed E-state index contributed by atoms with van der Waals surface area (Å²) < 4.78 is 4.67. The molecule has 0 saturated heterocycles. The summed E-state index contributed by atoms with van der Waals surface area (Å²) in [5.74, 6) is -3.25. The summed E-state index contributed by atoms with van der Waals surface area (Å²) in [6.07, 6.45) is 4.50. The number of nitrogens with one attached hydrogen (secondary N) is 1. The third kappa shape index (κ3) is 2.31. The minimum Gasteiger partial charge on any atom is -0.481 e. The zero-order valence-corrected chi connectivity index (χ0v) is 12.6. The van der Waals surface area contributed by atoms with Crippen LogP contribution in [0.15, 0.2) is 23.6 Å². The number of fused-ring (bicyclic) bond motifs is 2. The second-order valence-corrected chi connectivity index (χ2v) is 6.40. The standard InChI is InChI=1S/C15H15NO5S/c1-21-15(20)12-9(4-5-22-12)16-13(17)10-7-2-3-8(6-7)11(10)14(18)19/h2-5,7-8,10-11H,6H2,1H3,(H,16,17)(H,18,19)/t7-,8-,10+,11-/m0/s1. The number of thiophene rings is 1. The molecule has 1 amide bonds. The fourth-order valence-electron chi connectivity index (χ4n) is 3.39. The minimum absolute atomic E-state index is 0.0497. The fraction of sp³-hybridized carbons (Fsp3) is 0.400. The number of hydrogen-bond donors (Lipinski definition) is 2. The average molecular weight is 321 g/mol. The quantitative estimate of drug-likeness (QED) is 0.653.